The van der Waals surface area contributed by atoms with E-state index < -0.39 is 23.7 Å². The summed E-state index contributed by atoms with van der Waals surface area (Å²) in [6.07, 6.45) is 1.59. The van der Waals surface area contributed by atoms with Crippen molar-refractivity contribution in [2.24, 2.45) is 7.05 Å². The Morgan fingerprint density at radius 3 is 2.67 bits per heavy atom. The standard InChI is InChI=1S/C20H20F3N5O2/c1-28-19(20(21,22)23)26-17(27-28)18(29)25-13-5-7-14(8-6-13)30-16-4-2-3-12-11-24-10-9-15(12)16/h2-4,9-11,13-14H,5-8H2,1H3,(H,25,29). The van der Waals surface area contributed by atoms with Gasteiger partial charge in [0.05, 0.1) is 6.10 Å². The number of hydrogen-bond donors (Lipinski definition) is 1. The molecule has 0 saturated heterocycles. The van der Waals surface area contributed by atoms with Crippen molar-refractivity contribution >= 4 is 16.7 Å². The molecule has 0 aliphatic heterocycles. The van der Waals surface area contributed by atoms with E-state index in [4.69, 9.17) is 4.74 Å². The van der Waals surface area contributed by atoms with Crippen LogP contribution in [0.5, 0.6) is 5.75 Å². The molecule has 2 heterocycles. The lowest BCUT2D eigenvalue weighted by Gasteiger charge is -2.29. The van der Waals surface area contributed by atoms with Crippen molar-refractivity contribution in [3.63, 3.8) is 0 Å². The van der Waals surface area contributed by atoms with Crippen molar-refractivity contribution < 1.29 is 22.7 Å². The van der Waals surface area contributed by atoms with E-state index in [1.54, 1.807) is 12.4 Å². The van der Waals surface area contributed by atoms with Crippen molar-refractivity contribution in [1.82, 2.24) is 25.1 Å². The number of carbonyl (C=O) groups is 1. The summed E-state index contributed by atoms with van der Waals surface area (Å²) >= 11 is 0. The maximum atomic E-state index is 12.8. The zero-order valence-corrected chi connectivity index (χ0v) is 16.2. The van der Waals surface area contributed by atoms with Gasteiger partial charge in [-0.15, -0.1) is 5.10 Å². The Balaban J connectivity index is 1.34. The lowest BCUT2D eigenvalue weighted by Crippen LogP contribution is -2.40. The Bertz CT molecular complexity index is 1050. The molecule has 0 bridgehead atoms. The van der Waals surface area contributed by atoms with Gasteiger partial charge in [0.1, 0.15) is 5.75 Å². The number of alkyl halides is 3. The number of fused-ring (bicyclic) bond motifs is 1. The van der Waals surface area contributed by atoms with Crippen LogP contribution in [-0.4, -0.2) is 37.8 Å². The van der Waals surface area contributed by atoms with Crippen LogP contribution >= 0.6 is 0 Å². The number of rotatable bonds is 4. The number of aromatic nitrogens is 4. The van der Waals surface area contributed by atoms with Gasteiger partial charge in [-0.25, -0.2) is 4.68 Å². The monoisotopic (exact) mass is 419 g/mol. The van der Waals surface area contributed by atoms with E-state index in [1.807, 2.05) is 24.3 Å². The van der Waals surface area contributed by atoms with E-state index in [2.05, 4.69) is 20.4 Å². The zero-order valence-electron chi connectivity index (χ0n) is 16.2. The molecule has 0 unspecified atom stereocenters. The Kier molecular flexibility index (Phi) is 5.31. The summed E-state index contributed by atoms with van der Waals surface area (Å²) in [4.78, 5) is 19.7. The Morgan fingerprint density at radius 2 is 1.97 bits per heavy atom. The fourth-order valence-electron chi connectivity index (χ4n) is 3.68. The van der Waals surface area contributed by atoms with Crippen LogP contribution in [0.25, 0.3) is 10.8 Å². The van der Waals surface area contributed by atoms with Crippen molar-refractivity contribution in [1.29, 1.82) is 0 Å². The molecule has 1 aliphatic rings. The van der Waals surface area contributed by atoms with E-state index in [9.17, 15) is 18.0 Å². The van der Waals surface area contributed by atoms with Crippen LogP contribution in [0.4, 0.5) is 13.2 Å². The number of carbonyl (C=O) groups excluding carboxylic acids is 1. The molecule has 0 atom stereocenters. The first-order valence-electron chi connectivity index (χ1n) is 9.60. The first kappa shape index (κ1) is 20.1. The first-order chi connectivity index (χ1) is 14.3. The predicted molar refractivity (Wildman–Crippen MR) is 102 cm³/mol. The number of amides is 1. The maximum Gasteiger partial charge on any atom is 0.451 e. The number of ether oxygens (including phenoxy) is 1. The summed E-state index contributed by atoms with van der Waals surface area (Å²) < 4.78 is 45.2. The largest absolute Gasteiger partial charge is 0.490 e. The van der Waals surface area contributed by atoms with Gasteiger partial charge in [0.15, 0.2) is 0 Å². The highest BCUT2D eigenvalue weighted by atomic mass is 19.4. The lowest BCUT2D eigenvalue weighted by atomic mass is 9.93. The minimum Gasteiger partial charge on any atom is -0.490 e. The molecule has 0 radical (unpaired) electrons. The number of nitrogens with one attached hydrogen (secondary N) is 1. The third-order valence-electron chi connectivity index (χ3n) is 5.16. The van der Waals surface area contributed by atoms with Crippen LogP contribution in [0.2, 0.25) is 0 Å². The van der Waals surface area contributed by atoms with Gasteiger partial charge in [-0.2, -0.15) is 18.2 Å². The number of benzene rings is 1. The smallest absolute Gasteiger partial charge is 0.451 e. The summed E-state index contributed by atoms with van der Waals surface area (Å²) in [5, 5.41) is 8.31. The summed E-state index contributed by atoms with van der Waals surface area (Å²) in [5.41, 5.74) is 0. The van der Waals surface area contributed by atoms with Crippen LogP contribution in [0.3, 0.4) is 0 Å². The molecule has 30 heavy (non-hydrogen) atoms. The van der Waals surface area contributed by atoms with E-state index in [0.29, 0.717) is 17.5 Å². The predicted octanol–water partition coefficient (Wildman–Crippen LogP) is 3.50. The molecule has 7 nitrogen and oxygen atoms in total. The van der Waals surface area contributed by atoms with Gasteiger partial charge < -0.3 is 10.1 Å². The minimum absolute atomic E-state index is 0.00160. The first-order valence-corrected chi connectivity index (χ1v) is 9.60. The highest BCUT2D eigenvalue weighted by molar-refractivity contribution is 5.90. The zero-order chi connectivity index (χ0) is 21.3. The molecule has 1 saturated carbocycles. The average molecular weight is 419 g/mol. The second-order valence-corrected chi connectivity index (χ2v) is 7.30. The number of aryl methyl sites for hydroxylation is 1. The molecular weight excluding hydrogens is 399 g/mol. The summed E-state index contributed by atoms with van der Waals surface area (Å²) in [7, 11) is 1.11. The number of pyridine rings is 1. The van der Waals surface area contributed by atoms with E-state index >= 15 is 0 Å². The molecule has 1 aromatic carbocycles. The van der Waals surface area contributed by atoms with Gasteiger partial charge in [0, 0.05) is 36.3 Å². The van der Waals surface area contributed by atoms with Crippen molar-refractivity contribution in [2.45, 2.75) is 44.0 Å². The fourth-order valence-corrected chi connectivity index (χ4v) is 3.68. The molecular formula is C20H20F3N5O2. The maximum absolute atomic E-state index is 12.8. The second kappa shape index (κ2) is 7.92. The van der Waals surface area contributed by atoms with Crippen LogP contribution in [0, 0.1) is 0 Å². The molecule has 1 aliphatic carbocycles. The molecule has 10 heteroatoms. The number of halogens is 3. The van der Waals surface area contributed by atoms with Gasteiger partial charge in [-0.05, 0) is 37.8 Å². The molecule has 1 N–H and O–H groups in total. The molecule has 1 amide bonds. The number of nitrogens with zero attached hydrogens (tertiary/aromatic N) is 4. The topological polar surface area (TPSA) is 81.9 Å². The highest BCUT2D eigenvalue weighted by Gasteiger charge is 2.38. The van der Waals surface area contributed by atoms with Crippen molar-refractivity contribution in [3.8, 4) is 5.75 Å². The van der Waals surface area contributed by atoms with Gasteiger partial charge in [-0.1, -0.05) is 12.1 Å². The van der Waals surface area contributed by atoms with Gasteiger partial charge >= 0.3 is 6.18 Å². The fraction of sp³-hybridized carbons (Fsp3) is 0.400. The highest BCUT2D eigenvalue weighted by Crippen LogP contribution is 2.30. The normalized spacial score (nSPS) is 19.6. The average Bonchev–Trinajstić information content (AvgIpc) is 3.12. The Hall–Kier alpha value is -3.17. The molecule has 0 spiro atoms. The molecule has 4 rings (SSSR count). The third-order valence-corrected chi connectivity index (χ3v) is 5.16. The summed E-state index contributed by atoms with van der Waals surface area (Å²) in [5.74, 6) is -1.59. The van der Waals surface area contributed by atoms with Gasteiger partial charge in [0.25, 0.3) is 5.91 Å². The third kappa shape index (κ3) is 4.22. The minimum atomic E-state index is -4.66. The van der Waals surface area contributed by atoms with Gasteiger partial charge in [0.2, 0.25) is 11.6 Å². The number of hydrogen-bond acceptors (Lipinski definition) is 5. The van der Waals surface area contributed by atoms with Crippen LogP contribution < -0.4 is 10.1 Å². The quantitative estimate of drug-likeness (QED) is 0.700. The SMILES string of the molecule is Cn1nc(C(=O)NC2CCC(Oc3cccc4cnccc34)CC2)nc1C(F)(F)F. The van der Waals surface area contributed by atoms with Crippen LogP contribution in [0.15, 0.2) is 36.7 Å². The second-order valence-electron chi connectivity index (χ2n) is 7.30. The summed E-state index contributed by atoms with van der Waals surface area (Å²) in [6, 6.07) is 7.55. The molecule has 3 aromatic rings. The Labute approximate surface area is 170 Å². The lowest BCUT2D eigenvalue weighted by molar-refractivity contribution is -0.147. The van der Waals surface area contributed by atoms with E-state index in [1.165, 1.54) is 0 Å². The van der Waals surface area contributed by atoms with Crippen LogP contribution in [0.1, 0.15) is 42.1 Å². The molecule has 158 valence electrons. The van der Waals surface area contributed by atoms with Crippen molar-refractivity contribution in [3.05, 3.63) is 48.3 Å². The van der Waals surface area contributed by atoms with E-state index in [0.717, 1.165) is 36.4 Å². The molecule has 2 aromatic heterocycles. The van der Waals surface area contributed by atoms with Crippen molar-refractivity contribution in [2.75, 3.05) is 0 Å². The molecule has 1 fully saturated rings. The summed E-state index contributed by atoms with van der Waals surface area (Å²) in [6.45, 7) is 0. The van der Waals surface area contributed by atoms with Crippen LogP contribution in [-0.2, 0) is 13.2 Å². The van der Waals surface area contributed by atoms with E-state index in [-0.39, 0.29) is 12.1 Å². The van der Waals surface area contributed by atoms with Gasteiger partial charge in [-0.3, -0.25) is 9.78 Å². The Morgan fingerprint density at radius 1 is 1.20 bits per heavy atom.